The molecule has 3 aliphatic rings. The Bertz CT molecular complexity index is 1460. The lowest BCUT2D eigenvalue weighted by Gasteiger charge is -2.35. The minimum Gasteiger partial charge on any atom is -0.487 e. The van der Waals surface area contributed by atoms with Gasteiger partial charge in [0.05, 0.1) is 23.4 Å². The van der Waals surface area contributed by atoms with Crippen molar-refractivity contribution in [2.45, 2.75) is 96.1 Å². The van der Waals surface area contributed by atoms with Crippen LogP contribution in [0.25, 0.3) is 10.2 Å². The van der Waals surface area contributed by atoms with Gasteiger partial charge in [-0.05, 0) is 55.9 Å². The number of hydrogen-bond acceptors (Lipinski definition) is 9. The summed E-state index contributed by atoms with van der Waals surface area (Å²) in [4.78, 5) is 59.1. The maximum absolute atomic E-state index is 14.3. The summed E-state index contributed by atoms with van der Waals surface area (Å²) in [7, 11) is 0. The third kappa shape index (κ3) is 6.87. The fourth-order valence-electron chi connectivity index (χ4n) is 6.21. The Morgan fingerprint density at radius 1 is 1.24 bits per heavy atom. The number of alkyl carbamates (subject to hydrolysis) is 1. The monoisotopic (exact) mass is 642 g/mol. The quantitative estimate of drug-likeness (QED) is 0.305. The van der Waals surface area contributed by atoms with Crippen molar-refractivity contribution < 1.29 is 38.5 Å². The molecule has 2 saturated carbocycles. The zero-order valence-corrected chi connectivity index (χ0v) is 27.0. The summed E-state index contributed by atoms with van der Waals surface area (Å²) in [5.74, 6) is -1.76. The summed E-state index contributed by atoms with van der Waals surface area (Å²) >= 11 is 1.45. The normalized spacial score (nSPS) is 25.4. The molecule has 0 aromatic carbocycles. The SMILES string of the molecule is C=C[C@@H]1C[C@]1(NC(=O)[C@@H]1C[C@@H](Oc2cc(OCC)nc3ccsc23)CN1C(=O)[C@@H](NC(=O)OC1CCCC1)C(C)(C)C)C(=O)O. The highest BCUT2D eigenvalue weighted by Crippen LogP contribution is 2.45. The molecule has 0 spiro atoms. The van der Waals surface area contributed by atoms with E-state index < -0.39 is 58.9 Å². The molecule has 13 heteroatoms. The number of rotatable bonds is 11. The van der Waals surface area contributed by atoms with Gasteiger partial charge in [0.2, 0.25) is 17.7 Å². The van der Waals surface area contributed by atoms with E-state index in [1.54, 1.807) is 6.07 Å². The Hall–Kier alpha value is -3.87. The van der Waals surface area contributed by atoms with E-state index in [0.29, 0.717) is 23.8 Å². The third-order valence-corrected chi connectivity index (χ3v) is 9.68. The first-order valence-corrected chi connectivity index (χ1v) is 16.4. The fourth-order valence-corrected chi connectivity index (χ4v) is 7.00. The van der Waals surface area contributed by atoms with Crippen LogP contribution in [0.3, 0.4) is 0 Å². The van der Waals surface area contributed by atoms with Crippen molar-refractivity contribution in [2.24, 2.45) is 11.3 Å². The predicted molar refractivity (Wildman–Crippen MR) is 167 cm³/mol. The van der Waals surface area contributed by atoms with Crippen LogP contribution < -0.4 is 20.1 Å². The second-order valence-electron chi connectivity index (χ2n) is 13.1. The highest BCUT2D eigenvalue weighted by molar-refractivity contribution is 7.17. The summed E-state index contributed by atoms with van der Waals surface area (Å²) in [5.41, 5.74) is -1.51. The van der Waals surface area contributed by atoms with Crippen LogP contribution in [0.15, 0.2) is 30.2 Å². The summed E-state index contributed by atoms with van der Waals surface area (Å²) in [6, 6.07) is 1.48. The van der Waals surface area contributed by atoms with Crippen molar-refractivity contribution in [3.8, 4) is 11.6 Å². The number of carbonyl (C=O) groups is 4. The highest BCUT2D eigenvalue weighted by atomic mass is 32.1. The molecule has 0 bridgehead atoms. The minimum atomic E-state index is -1.47. The maximum atomic E-state index is 14.3. The summed E-state index contributed by atoms with van der Waals surface area (Å²) in [6.07, 6.45) is 3.87. The van der Waals surface area contributed by atoms with E-state index in [1.807, 2.05) is 39.1 Å². The number of fused-ring (bicyclic) bond motifs is 1. The van der Waals surface area contributed by atoms with Gasteiger partial charge in [-0.25, -0.2) is 14.6 Å². The molecule has 45 heavy (non-hydrogen) atoms. The van der Waals surface area contributed by atoms with Crippen LogP contribution in [0.1, 0.15) is 66.2 Å². The molecule has 1 aliphatic heterocycles. The lowest BCUT2D eigenvalue weighted by Crippen LogP contribution is -2.59. The van der Waals surface area contributed by atoms with E-state index in [-0.39, 0.29) is 25.5 Å². The van der Waals surface area contributed by atoms with E-state index in [1.165, 1.54) is 22.3 Å². The predicted octanol–water partition coefficient (Wildman–Crippen LogP) is 4.27. The van der Waals surface area contributed by atoms with Crippen LogP contribution in [-0.2, 0) is 19.1 Å². The Labute approximate surface area is 266 Å². The van der Waals surface area contributed by atoms with Crippen LogP contribution in [0.4, 0.5) is 4.79 Å². The molecule has 3 fully saturated rings. The van der Waals surface area contributed by atoms with Gasteiger partial charge in [-0.3, -0.25) is 9.59 Å². The molecule has 5 atom stereocenters. The molecule has 1 saturated heterocycles. The Balaban J connectivity index is 1.41. The summed E-state index contributed by atoms with van der Waals surface area (Å²) in [5, 5.41) is 17.3. The lowest BCUT2D eigenvalue weighted by molar-refractivity contribution is -0.146. The summed E-state index contributed by atoms with van der Waals surface area (Å²) < 4.78 is 18.5. The van der Waals surface area contributed by atoms with E-state index in [9.17, 15) is 24.3 Å². The molecule has 3 heterocycles. The van der Waals surface area contributed by atoms with Gasteiger partial charge in [0.15, 0.2) is 0 Å². The number of carbonyl (C=O) groups excluding carboxylic acids is 3. The van der Waals surface area contributed by atoms with Crippen LogP contribution >= 0.6 is 11.3 Å². The number of aromatic nitrogens is 1. The summed E-state index contributed by atoms with van der Waals surface area (Å²) in [6.45, 7) is 11.5. The van der Waals surface area contributed by atoms with Crippen LogP contribution in [-0.4, -0.2) is 81.8 Å². The Morgan fingerprint density at radius 3 is 2.60 bits per heavy atom. The molecule has 0 unspecified atom stereocenters. The molecule has 3 N–H and O–H groups in total. The molecule has 2 aromatic rings. The van der Waals surface area contributed by atoms with Crippen molar-refractivity contribution in [3.63, 3.8) is 0 Å². The molecule has 2 aromatic heterocycles. The molecular weight excluding hydrogens is 600 g/mol. The van der Waals surface area contributed by atoms with Crippen LogP contribution in [0, 0.1) is 11.3 Å². The Kier molecular flexibility index (Phi) is 9.29. The standard InChI is InChI=1S/C32H42N4O8S/c1-6-18-16-32(18,29(39)40)35-27(37)22-14-20(43-23-15-24(42-7-2)33-21-12-13-45-25(21)23)17-36(22)28(38)26(31(3,4)5)34-30(41)44-19-10-8-9-11-19/h6,12-13,15,18-20,22,26H,1,7-11,14,16-17H2,2-5H3,(H,34,41)(H,35,37)(H,39,40)/t18-,20-,22+,26-,32-/m1/s1. The first kappa shape index (κ1) is 32.5. The van der Waals surface area contributed by atoms with Crippen molar-refractivity contribution in [1.29, 1.82) is 0 Å². The molecule has 3 amide bonds. The van der Waals surface area contributed by atoms with Crippen molar-refractivity contribution in [1.82, 2.24) is 20.5 Å². The van der Waals surface area contributed by atoms with E-state index in [0.717, 1.165) is 30.4 Å². The number of carboxylic acid groups (broad SMARTS) is 1. The van der Waals surface area contributed by atoms with Gasteiger partial charge in [-0.1, -0.05) is 26.8 Å². The minimum absolute atomic E-state index is 0.0347. The number of aliphatic carboxylic acids is 1. The van der Waals surface area contributed by atoms with Gasteiger partial charge >= 0.3 is 12.1 Å². The first-order chi connectivity index (χ1) is 21.4. The maximum Gasteiger partial charge on any atom is 0.408 e. The van der Waals surface area contributed by atoms with Crippen LogP contribution in [0.5, 0.6) is 11.6 Å². The highest BCUT2D eigenvalue weighted by Gasteiger charge is 2.61. The first-order valence-electron chi connectivity index (χ1n) is 15.5. The van der Waals surface area contributed by atoms with E-state index >= 15 is 0 Å². The zero-order valence-electron chi connectivity index (χ0n) is 26.2. The molecule has 0 radical (unpaired) electrons. The van der Waals surface area contributed by atoms with Gasteiger partial charge in [0, 0.05) is 18.4 Å². The van der Waals surface area contributed by atoms with E-state index in [2.05, 4.69) is 22.2 Å². The number of nitrogens with zero attached hydrogens (tertiary/aromatic N) is 2. The number of nitrogens with one attached hydrogen (secondary N) is 2. The largest absolute Gasteiger partial charge is 0.487 e. The van der Waals surface area contributed by atoms with Gasteiger partial charge in [0.1, 0.15) is 35.6 Å². The fraction of sp³-hybridized carbons (Fsp3) is 0.594. The van der Waals surface area contributed by atoms with Gasteiger partial charge < -0.3 is 34.9 Å². The Morgan fingerprint density at radius 2 is 1.98 bits per heavy atom. The van der Waals surface area contributed by atoms with Crippen LogP contribution in [0.2, 0.25) is 0 Å². The second-order valence-corrected chi connectivity index (χ2v) is 14.0. The molecule has 244 valence electrons. The number of thiophene rings is 1. The number of ether oxygens (including phenoxy) is 3. The molecule has 5 rings (SSSR count). The van der Waals surface area contributed by atoms with Crippen molar-refractivity contribution >= 4 is 45.4 Å². The van der Waals surface area contributed by atoms with Gasteiger partial charge in [-0.15, -0.1) is 17.9 Å². The molecule has 12 nitrogen and oxygen atoms in total. The zero-order chi connectivity index (χ0) is 32.5. The number of hydrogen-bond donors (Lipinski definition) is 3. The van der Waals surface area contributed by atoms with E-state index in [4.69, 9.17) is 14.2 Å². The molecular formula is C32H42N4O8S. The van der Waals surface area contributed by atoms with Crippen molar-refractivity contribution in [3.05, 3.63) is 30.2 Å². The van der Waals surface area contributed by atoms with Gasteiger partial charge in [0.25, 0.3) is 0 Å². The second kappa shape index (κ2) is 12.9. The lowest BCUT2D eigenvalue weighted by atomic mass is 9.85. The number of amides is 3. The number of likely N-dealkylation sites (tertiary alicyclic amines) is 1. The number of carboxylic acids is 1. The smallest absolute Gasteiger partial charge is 0.408 e. The average molecular weight is 643 g/mol. The molecule has 2 aliphatic carbocycles. The third-order valence-electron chi connectivity index (χ3n) is 8.77. The number of pyridine rings is 1. The van der Waals surface area contributed by atoms with Crippen molar-refractivity contribution in [2.75, 3.05) is 13.2 Å². The van der Waals surface area contributed by atoms with Gasteiger partial charge in [-0.2, -0.15) is 0 Å². The topological polar surface area (TPSA) is 156 Å². The average Bonchev–Trinajstić information content (AvgIpc) is 3.41.